The Morgan fingerprint density at radius 1 is 1.23 bits per heavy atom. The smallest absolute Gasteiger partial charge is 0.290 e. The zero-order valence-corrected chi connectivity index (χ0v) is 23.6. The van der Waals surface area contributed by atoms with Crippen LogP contribution in [0.4, 0.5) is 0 Å². The molecule has 0 aromatic carbocycles. The Balaban J connectivity index is 0.00000170. The number of carbonyl (C=O) groups is 5. The molecule has 1 aliphatic heterocycles. The van der Waals surface area contributed by atoms with E-state index in [2.05, 4.69) is 24.3 Å². The average Bonchev–Trinajstić information content (AvgIpc) is 3.21. The standard InChI is InChI=1S/C25H40N6O5.CH2O2/c1-17(2)9-12-31-18-7-8-20-19(13-18)24(27-29(20)4)25(35)28(3)14-21(32)26-10-6-11-30(15-22(31)33)23(34)16-36-5;2-1-3/h17-18H,6-16H2,1-5H3,(H,26,32);1H,(H,2,3). The van der Waals surface area contributed by atoms with E-state index >= 15 is 0 Å². The van der Waals surface area contributed by atoms with Crippen LogP contribution in [0.3, 0.4) is 0 Å². The van der Waals surface area contributed by atoms with Gasteiger partial charge in [0.15, 0.2) is 5.69 Å². The first-order valence-electron chi connectivity index (χ1n) is 13.2. The third-order valence-corrected chi connectivity index (χ3v) is 6.94. The van der Waals surface area contributed by atoms with Gasteiger partial charge >= 0.3 is 0 Å². The molecule has 4 amide bonds. The number of rotatable bonds is 5. The molecule has 0 saturated carbocycles. The van der Waals surface area contributed by atoms with Crippen LogP contribution >= 0.6 is 0 Å². The fraction of sp³-hybridized carbons (Fsp3) is 0.692. The van der Waals surface area contributed by atoms with Gasteiger partial charge in [-0.1, -0.05) is 13.8 Å². The summed E-state index contributed by atoms with van der Waals surface area (Å²) in [6.45, 7) is 4.99. The number of aryl methyl sites for hydroxylation is 1. The van der Waals surface area contributed by atoms with Crippen molar-refractivity contribution in [1.82, 2.24) is 29.8 Å². The monoisotopic (exact) mass is 550 g/mol. The normalized spacial score (nSPS) is 19.0. The Hall–Kier alpha value is -3.48. The minimum atomic E-state index is -0.300. The van der Waals surface area contributed by atoms with Gasteiger partial charge in [0.2, 0.25) is 17.7 Å². The zero-order valence-electron chi connectivity index (χ0n) is 23.6. The molecule has 2 heterocycles. The molecule has 3 rings (SSSR count). The van der Waals surface area contributed by atoms with Crippen molar-refractivity contribution in [3.8, 4) is 0 Å². The Kier molecular flexibility index (Phi) is 12.4. The highest BCUT2D eigenvalue weighted by Crippen LogP contribution is 2.28. The van der Waals surface area contributed by atoms with E-state index < -0.39 is 0 Å². The lowest BCUT2D eigenvalue weighted by molar-refractivity contribution is -0.144. The summed E-state index contributed by atoms with van der Waals surface area (Å²) in [6.07, 6.45) is 3.29. The molecule has 218 valence electrons. The molecule has 39 heavy (non-hydrogen) atoms. The summed E-state index contributed by atoms with van der Waals surface area (Å²) in [5.74, 6) is -0.541. The third kappa shape index (κ3) is 8.77. The van der Waals surface area contributed by atoms with Crippen LogP contribution in [0.5, 0.6) is 0 Å². The molecule has 0 fully saturated rings. The van der Waals surface area contributed by atoms with Gasteiger partial charge in [0, 0.05) is 58.1 Å². The number of hydrogen-bond acceptors (Lipinski definition) is 7. The van der Waals surface area contributed by atoms with Gasteiger partial charge in [-0.3, -0.25) is 28.7 Å². The lowest BCUT2D eigenvalue weighted by Crippen LogP contribution is -2.50. The van der Waals surface area contributed by atoms with Gasteiger partial charge in [-0.05, 0) is 38.0 Å². The van der Waals surface area contributed by atoms with Gasteiger partial charge in [-0.2, -0.15) is 5.10 Å². The second-order valence-electron chi connectivity index (χ2n) is 10.3. The molecule has 1 aromatic heterocycles. The van der Waals surface area contributed by atoms with E-state index in [4.69, 9.17) is 14.6 Å². The van der Waals surface area contributed by atoms with E-state index in [9.17, 15) is 19.2 Å². The molecule has 0 spiro atoms. The fourth-order valence-corrected chi connectivity index (χ4v) is 4.90. The molecule has 1 aliphatic carbocycles. The highest BCUT2D eigenvalue weighted by molar-refractivity contribution is 5.96. The predicted molar refractivity (Wildman–Crippen MR) is 142 cm³/mol. The van der Waals surface area contributed by atoms with Crippen LogP contribution < -0.4 is 5.32 Å². The molecule has 0 saturated heterocycles. The van der Waals surface area contributed by atoms with Crippen molar-refractivity contribution in [1.29, 1.82) is 0 Å². The lowest BCUT2D eigenvalue weighted by Gasteiger charge is -2.36. The maximum Gasteiger partial charge on any atom is 0.290 e. The van der Waals surface area contributed by atoms with Crippen molar-refractivity contribution in [2.45, 2.75) is 52.0 Å². The SMILES string of the molecule is COCC(=O)N1CCCNC(=O)CN(C)C(=O)c2nn(C)c3c2CC(CC3)N(CCC(C)C)C(=O)C1.O=CO. The minimum Gasteiger partial charge on any atom is -0.483 e. The zero-order chi connectivity index (χ0) is 29.1. The molecule has 2 N–H and O–H groups in total. The number of amides is 4. The molecule has 0 radical (unpaired) electrons. The largest absolute Gasteiger partial charge is 0.483 e. The Morgan fingerprint density at radius 3 is 2.56 bits per heavy atom. The minimum absolute atomic E-state index is 0.0425. The maximum absolute atomic E-state index is 13.6. The number of hydrogen-bond donors (Lipinski definition) is 2. The van der Waals surface area contributed by atoms with Crippen molar-refractivity contribution < 1.29 is 33.8 Å². The molecular weight excluding hydrogens is 508 g/mol. The fourth-order valence-electron chi connectivity index (χ4n) is 4.90. The lowest BCUT2D eigenvalue weighted by atomic mass is 9.89. The van der Waals surface area contributed by atoms with Crippen molar-refractivity contribution in [2.24, 2.45) is 13.0 Å². The number of methoxy groups -OCH3 is 1. The summed E-state index contributed by atoms with van der Waals surface area (Å²) in [7, 11) is 4.87. The summed E-state index contributed by atoms with van der Waals surface area (Å²) < 4.78 is 6.78. The first-order chi connectivity index (χ1) is 18.5. The maximum atomic E-state index is 13.6. The first kappa shape index (κ1) is 31.7. The van der Waals surface area contributed by atoms with Crippen molar-refractivity contribution in [3.05, 3.63) is 17.0 Å². The molecule has 1 unspecified atom stereocenters. The summed E-state index contributed by atoms with van der Waals surface area (Å²) in [5.41, 5.74) is 2.17. The predicted octanol–water partition coefficient (Wildman–Crippen LogP) is -0.0802. The molecule has 13 nitrogen and oxygen atoms in total. The van der Waals surface area contributed by atoms with Crippen LogP contribution in [0.15, 0.2) is 0 Å². The molecule has 1 atom stereocenters. The number of fused-ring (bicyclic) bond motifs is 1. The quantitative estimate of drug-likeness (QED) is 0.483. The number of carbonyl (C=O) groups excluding carboxylic acids is 4. The van der Waals surface area contributed by atoms with E-state index in [1.165, 1.54) is 16.9 Å². The van der Waals surface area contributed by atoms with Crippen LogP contribution in [0.1, 0.15) is 54.9 Å². The second kappa shape index (κ2) is 15.2. The van der Waals surface area contributed by atoms with Crippen LogP contribution in [-0.2, 0) is 43.8 Å². The highest BCUT2D eigenvalue weighted by atomic mass is 16.5. The summed E-state index contributed by atoms with van der Waals surface area (Å²) >= 11 is 0. The molecule has 13 heteroatoms. The van der Waals surface area contributed by atoms with E-state index in [1.54, 1.807) is 11.7 Å². The van der Waals surface area contributed by atoms with Crippen molar-refractivity contribution in [3.63, 3.8) is 0 Å². The van der Waals surface area contributed by atoms with Crippen LogP contribution in [0.2, 0.25) is 0 Å². The Labute approximate surface area is 229 Å². The van der Waals surface area contributed by atoms with Crippen LogP contribution in [0, 0.1) is 5.92 Å². The number of nitrogens with one attached hydrogen (secondary N) is 1. The average molecular weight is 551 g/mol. The third-order valence-electron chi connectivity index (χ3n) is 6.94. The first-order valence-corrected chi connectivity index (χ1v) is 13.2. The topological polar surface area (TPSA) is 154 Å². The van der Waals surface area contributed by atoms with Crippen LogP contribution in [-0.4, -0.2) is 119 Å². The molecular formula is C26H42N6O7. The second-order valence-corrected chi connectivity index (χ2v) is 10.3. The van der Waals surface area contributed by atoms with E-state index in [0.29, 0.717) is 50.5 Å². The van der Waals surface area contributed by atoms with Gasteiger partial charge in [0.05, 0.1) is 13.1 Å². The summed E-state index contributed by atoms with van der Waals surface area (Å²) in [5, 5.41) is 14.2. The highest BCUT2D eigenvalue weighted by Gasteiger charge is 2.35. The van der Waals surface area contributed by atoms with Gasteiger partial charge in [0.25, 0.3) is 12.4 Å². The number of aromatic nitrogens is 2. The molecule has 1 aromatic rings. The van der Waals surface area contributed by atoms with E-state index in [-0.39, 0.29) is 55.8 Å². The number of likely N-dealkylation sites (N-methyl/N-ethyl adjacent to an activating group) is 1. The molecule has 2 bridgehead atoms. The number of nitrogens with zero attached hydrogens (tertiary/aromatic N) is 5. The Morgan fingerprint density at radius 2 is 1.92 bits per heavy atom. The van der Waals surface area contributed by atoms with Crippen molar-refractivity contribution >= 4 is 30.1 Å². The Bertz CT molecular complexity index is 1020. The number of carboxylic acid groups (broad SMARTS) is 1. The van der Waals surface area contributed by atoms with E-state index in [1.807, 2.05) is 11.9 Å². The molecule has 2 aliphatic rings. The van der Waals surface area contributed by atoms with Gasteiger partial charge in [-0.15, -0.1) is 0 Å². The summed E-state index contributed by atoms with van der Waals surface area (Å²) in [6, 6.07) is -0.0969. The van der Waals surface area contributed by atoms with E-state index in [0.717, 1.165) is 24.1 Å². The van der Waals surface area contributed by atoms with Gasteiger partial charge in [0.1, 0.15) is 6.61 Å². The van der Waals surface area contributed by atoms with Crippen LogP contribution in [0.25, 0.3) is 0 Å². The summed E-state index contributed by atoms with van der Waals surface area (Å²) in [4.78, 5) is 65.2. The van der Waals surface area contributed by atoms with Gasteiger partial charge in [-0.25, -0.2) is 0 Å². The number of ether oxygens (including phenoxy) is 1. The van der Waals surface area contributed by atoms with Gasteiger partial charge < -0.3 is 29.9 Å². The van der Waals surface area contributed by atoms with Crippen molar-refractivity contribution in [2.75, 3.05) is 53.5 Å².